The summed E-state index contributed by atoms with van der Waals surface area (Å²) in [5.74, 6) is 0.892. The predicted molar refractivity (Wildman–Crippen MR) is 163 cm³/mol. The van der Waals surface area contributed by atoms with Gasteiger partial charge in [0.1, 0.15) is 0 Å². The van der Waals surface area contributed by atoms with Gasteiger partial charge in [0, 0.05) is 0 Å². The van der Waals surface area contributed by atoms with Crippen molar-refractivity contribution in [2.24, 2.45) is 0 Å². The van der Waals surface area contributed by atoms with Gasteiger partial charge in [0.15, 0.2) is 0 Å². The first kappa shape index (κ1) is 24.5. The molecule has 5 aromatic carbocycles. The molecule has 0 aromatic heterocycles. The molecule has 186 valence electrons. The Bertz CT molecular complexity index is 1390. The van der Waals surface area contributed by atoms with E-state index in [4.69, 9.17) is 3.02 Å². The van der Waals surface area contributed by atoms with Crippen LogP contribution >= 0.6 is 0 Å². The molecule has 1 aliphatic carbocycles. The Morgan fingerprint density at radius 2 is 0.895 bits per heavy atom. The zero-order valence-corrected chi connectivity index (χ0v) is 23.9. The fourth-order valence-electron chi connectivity index (χ4n) is 5.74. The van der Waals surface area contributed by atoms with Crippen LogP contribution in [0.4, 0.5) is 0 Å². The molecule has 1 nitrogen and oxygen atoms in total. The summed E-state index contributed by atoms with van der Waals surface area (Å²) in [5.41, 5.74) is 2.63. The molecule has 2 heteroatoms. The van der Waals surface area contributed by atoms with Crippen LogP contribution in [0, 0.1) is 0 Å². The van der Waals surface area contributed by atoms with Crippen molar-refractivity contribution in [1.82, 2.24) is 0 Å². The molecule has 0 unspecified atom stereocenters. The SMILES string of the molecule is C1=CCCC(c2ccc([O][Sb]([c]3ccccc3)([c]3ccccc3)([c]3ccccc3)[c]3ccccc3)cc2)=C1. The first-order valence-electron chi connectivity index (χ1n) is 13.2. The van der Waals surface area contributed by atoms with Gasteiger partial charge in [0.25, 0.3) is 0 Å². The molecule has 0 N–H and O–H groups in total. The standard InChI is InChI=1S/C12H12O.4C6H5.Sb/c13-12-8-6-11(7-9-12)10-4-2-1-3-5-10;4*1-2-4-6-5-3-1;/h1-2,4,6-9,13H,3,5H2;4*1-5H;/q;;;;;+1/p-1. The minimum atomic E-state index is -4.91. The Hall–Kier alpha value is -3.80. The van der Waals surface area contributed by atoms with E-state index in [1.54, 1.807) is 0 Å². The molecule has 0 atom stereocenters. The Balaban J connectivity index is 1.68. The van der Waals surface area contributed by atoms with E-state index in [1.807, 2.05) is 0 Å². The summed E-state index contributed by atoms with van der Waals surface area (Å²) in [6.45, 7) is 0. The molecule has 0 aliphatic heterocycles. The average molecular weight is 601 g/mol. The van der Waals surface area contributed by atoms with Crippen LogP contribution in [0.25, 0.3) is 5.57 Å². The second-order valence-corrected chi connectivity index (χ2v) is 22.0. The summed E-state index contributed by atoms with van der Waals surface area (Å²) >= 11 is -4.91. The number of hydrogen-bond donors (Lipinski definition) is 0. The van der Waals surface area contributed by atoms with Crippen LogP contribution in [0.1, 0.15) is 18.4 Å². The van der Waals surface area contributed by atoms with Crippen LogP contribution in [0.15, 0.2) is 164 Å². The summed E-state index contributed by atoms with van der Waals surface area (Å²) in [6, 6.07) is 52.4. The zero-order valence-electron chi connectivity index (χ0n) is 21.4. The van der Waals surface area contributed by atoms with Crippen LogP contribution < -0.4 is 17.1 Å². The van der Waals surface area contributed by atoms with E-state index in [2.05, 4.69) is 164 Å². The van der Waals surface area contributed by atoms with Crippen molar-refractivity contribution >= 4 is 37.4 Å². The summed E-state index contributed by atoms with van der Waals surface area (Å²) in [7, 11) is 0. The summed E-state index contributed by atoms with van der Waals surface area (Å²) < 4.78 is 12.7. The van der Waals surface area contributed by atoms with Gasteiger partial charge in [-0.3, -0.25) is 0 Å². The van der Waals surface area contributed by atoms with E-state index in [0.29, 0.717) is 0 Å². The summed E-state index contributed by atoms with van der Waals surface area (Å²) in [4.78, 5) is 0. The number of hydrogen-bond acceptors (Lipinski definition) is 1. The minimum absolute atomic E-state index is 0.892. The fourth-order valence-corrected chi connectivity index (χ4v) is 22.1. The fraction of sp³-hybridized carbons (Fsp3) is 0.0556. The van der Waals surface area contributed by atoms with Crippen LogP contribution in [0.3, 0.4) is 0 Å². The molecule has 0 saturated carbocycles. The van der Waals surface area contributed by atoms with Crippen molar-refractivity contribution in [2.45, 2.75) is 12.8 Å². The third-order valence-electron chi connectivity index (χ3n) is 7.52. The van der Waals surface area contributed by atoms with Gasteiger partial charge < -0.3 is 0 Å². The van der Waals surface area contributed by atoms with E-state index in [1.165, 1.54) is 25.2 Å². The van der Waals surface area contributed by atoms with Gasteiger partial charge in [0.2, 0.25) is 0 Å². The van der Waals surface area contributed by atoms with Gasteiger partial charge in [0.05, 0.1) is 0 Å². The molecule has 1 aliphatic rings. The van der Waals surface area contributed by atoms with Crippen molar-refractivity contribution in [3.63, 3.8) is 0 Å². The molecule has 0 bridgehead atoms. The second kappa shape index (κ2) is 10.5. The Labute approximate surface area is 227 Å². The molecule has 6 rings (SSSR count). The van der Waals surface area contributed by atoms with Crippen LogP contribution in [-0.4, -0.2) is 17.8 Å². The van der Waals surface area contributed by atoms with E-state index < -0.39 is 17.8 Å². The molecule has 0 spiro atoms. The third kappa shape index (κ3) is 4.03. The Kier molecular flexibility index (Phi) is 6.79. The molecular weight excluding hydrogens is 570 g/mol. The van der Waals surface area contributed by atoms with Crippen molar-refractivity contribution in [2.75, 3.05) is 0 Å². The third-order valence-corrected chi connectivity index (χ3v) is 23.8. The van der Waals surface area contributed by atoms with E-state index >= 15 is 0 Å². The normalized spacial score (nSPS) is 14.2. The molecule has 0 saturated heterocycles. The zero-order chi connectivity index (χ0) is 25.7. The van der Waals surface area contributed by atoms with E-state index in [0.717, 1.165) is 18.6 Å². The molecule has 0 heterocycles. The van der Waals surface area contributed by atoms with Gasteiger partial charge >= 0.3 is 228 Å². The molecule has 5 aromatic rings. The Morgan fingerprint density at radius 1 is 0.474 bits per heavy atom. The quantitative estimate of drug-likeness (QED) is 0.198. The molecular formula is C36H31OSb. The predicted octanol–water partition coefficient (Wildman–Crippen LogP) is 6.33. The van der Waals surface area contributed by atoms with Crippen molar-refractivity contribution < 1.29 is 3.02 Å². The summed E-state index contributed by atoms with van der Waals surface area (Å²) in [5, 5.41) is 0. The molecule has 0 fully saturated rings. The monoisotopic (exact) mass is 600 g/mol. The number of benzene rings is 5. The van der Waals surface area contributed by atoms with Gasteiger partial charge in [-0.2, -0.15) is 0 Å². The van der Waals surface area contributed by atoms with Crippen molar-refractivity contribution in [3.8, 4) is 5.75 Å². The van der Waals surface area contributed by atoms with E-state index in [9.17, 15) is 0 Å². The van der Waals surface area contributed by atoms with Gasteiger partial charge in [-0.15, -0.1) is 0 Å². The van der Waals surface area contributed by atoms with Gasteiger partial charge in [-0.1, -0.05) is 0 Å². The maximum absolute atomic E-state index is 7.74. The first-order chi connectivity index (χ1) is 18.8. The van der Waals surface area contributed by atoms with E-state index in [-0.39, 0.29) is 0 Å². The average Bonchev–Trinajstić information content (AvgIpc) is 3.02. The number of allylic oxidation sites excluding steroid dienone is 4. The molecule has 38 heavy (non-hydrogen) atoms. The Morgan fingerprint density at radius 3 is 1.26 bits per heavy atom. The van der Waals surface area contributed by atoms with Crippen LogP contribution in [0.2, 0.25) is 0 Å². The van der Waals surface area contributed by atoms with Gasteiger partial charge in [-0.25, -0.2) is 0 Å². The topological polar surface area (TPSA) is 9.23 Å². The molecule has 0 radical (unpaired) electrons. The van der Waals surface area contributed by atoms with Crippen LogP contribution in [0.5, 0.6) is 5.75 Å². The second-order valence-electron chi connectivity index (χ2n) is 9.65. The maximum atomic E-state index is 7.74. The molecule has 0 amide bonds. The summed E-state index contributed by atoms with van der Waals surface area (Å²) in [6.07, 6.45) is 8.78. The van der Waals surface area contributed by atoms with Gasteiger partial charge in [-0.05, 0) is 0 Å². The van der Waals surface area contributed by atoms with Crippen molar-refractivity contribution in [1.29, 1.82) is 0 Å². The van der Waals surface area contributed by atoms with Crippen LogP contribution in [-0.2, 0) is 0 Å². The van der Waals surface area contributed by atoms with Crippen molar-refractivity contribution in [3.05, 3.63) is 169 Å². The first-order valence-corrected chi connectivity index (χ1v) is 19.4. The number of rotatable bonds is 7.